The number of fused-ring (bicyclic) bond motifs is 1. The lowest BCUT2D eigenvalue weighted by Crippen LogP contribution is -2.48. The minimum Gasteiger partial charge on any atom is -0.377 e. The minimum atomic E-state index is -0.539. The van der Waals surface area contributed by atoms with Gasteiger partial charge in [0.25, 0.3) is 5.56 Å². The lowest BCUT2D eigenvalue weighted by Gasteiger charge is -2.32. The number of nitrogens with zero attached hydrogens (tertiary/aromatic N) is 5. The molecule has 9 nitrogen and oxygen atoms in total. The van der Waals surface area contributed by atoms with Crippen LogP contribution >= 0.6 is 0 Å². The SMILES string of the molecule is CCO[C@@H]1CCCN(C(=O)Cn2c(=O)c3c(ncn3C)n(C)c2=O)C1. The molecule has 0 bridgehead atoms. The number of rotatable bonds is 4. The van der Waals surface area contributed by atoms with Crippen molar-refractivity contribution in [2.75, 3.05) is 19.7 Å². The molecular weight excluding hydrogens is 326 g/mol. The Kier molecular flexibility index (Phi) is 4.76. The van der Waals surface area contributed by atoms with Gasteiger partial charge in [-0.1, -0.05) is 0 Å². The number of hydrogen-bond acceptors (Lipinski definition) is 5. The third kappa shape index (κ3) is 3.11. The van der Waals surface area contributed by atoms with E-state index in [9.17, 15) is 14.4 Å². The molecule has 0 aromatic carbocycles. The Balaban J connectivity index is 1.90. The molecule has 0 radical (unpaired) electrons. The highest BCUT2D eigenvalue weighted by atomic mass is 16.5. The van der Waals surface area contributed by atoms with Gasteiger partial charge in [0.05, 0.1) is 12.4 Å². The average molecular weight is 349 g/mol. The van der Waals surface area contributed by atoms with E-state index in [1.54, 1.807) is 23.6 Å². The molecule has 1 saturated heterocycles. The number of carbonyl (C=O) groups is 1. The Bertz CT molecular complexity index is 908. The Labute approximate surface area is 144 Å². The first kappa shape index (κ1) is 17.4. The summed E-state index contributed by atoms with van der Waals surface area (Å²) >= 11 is 0. The maximum atomic E-state index is 12.7. The molecule has 9 heteroatoms. The fourth-order valence-electron chi connectivity index (χ4n) is 3.31. The van der Waals surface area contributed by atoms with Crippen LogP contribution in [0.5, 0.6) is 0 Å². The first-order chi connectivity index (χ1) is 11.9. The Morgan fingerprint density at radius 1 is 1.36 bits per heavy atom. The molecule has 3 heterocycles. The number of hydrogen-bond donors (Lipinski definition) is 0. The van der Waals surface area contributed by atoms with Crippen LogP contribution in [0.25, 0.3) is 11.2 Å². The van der Waals surface area contributed by atoms with Gasteiger partial charge in [-0.3, -0.25) is 14.2 Å². The van der Waals surface area contributed by atoms with Gasteiger partial charge in [-0.2, -0.15) is 0 Å². The van der Waals surface area contributed by atoms with Crippen molar-refractivity contribution in [2.45, 2.75) is 32.4 Å². The first-order valence-corrected chi connectivity index (χ1v) is 8.44. The predicted octanol–water partition coefficient (Wildman–Crippen LogP) is -0.539. The van der Waals surface area contributed by atoms with Crippen LogP contribution in [0.2, 0.25) is 0 Å². The second-order valence-electron chi connectivity index (χ2n) is 6.32. The van der Waals surface area contributed by atoms with E-state index in [1.165, 1.54) is 10.9 Å². The highest BCUT2D eigenvalue weighted by Gasteiger charge is 2.25. The van der Waals surface area contributed by atoms with Gasteiger partial charge >= 0.3 is 5.69 Å². The van der Waals surface area contributed by atoms with E-state index in [2.05, 4.69) is 4.98 Å². The van der Waals surface area contributed by atoms with Crippen LogP contribution in [-0.4, -0.2) is 55.3 Å². The van der Waals surface area contributed by atoms with Gasteiger partial charge in [0, 0.05) is 33.8 Å². The standard InChI is InChI=1S/C16H23N5O4/c1-4-25-11-6-5-7-20(8-11)12(22)9-21-15(23)13-14(17-10-18(13)2)19(3)16(21)24/h10-11H,4-9H2,1-3H3/t11-/m1/s1. The van der Waals surface area contributed by atoms with Crippen LogP contribution in [0, 0.1) is 0 Å². The first-order valence-electron chi connectivity index (χ1n) is 8.44. The number of amides is 1. The monoisotopic (exact) mass is 349 g/mol. The van der Waals surface area contributed by atoms with Gasteiger partial charge < -0.3 is 14.2 Å². The molecule has 2 aromatic rings. The molecule has 1 aliphatic heterocycles. The molecule has 1 fully saturated rings. The van der Waals surface area contributed by atoms with Gasteiger partial charge in [0.15, 0.2) is 11.2 Å². The van der Waals surface area contributed by atoms with Crippen molar-refractivity contribution < 1.29 is 9.53 Å². The second kappa shape index (κ2) is 6.83. The molecule has 25 heavy (non-hydrogen) atoms. The summed E-state index contributed by atoms with van der Waals surface area (Å²) in [7, 11) is 3.23. The lowest BCUT2D eigenvalue weighted by molar-refractivity contribution is -0.136. The fourth-order valence-corrected chi connectivity index (χ4v) is 3.31. The zero-order chi connectivity index (χ0) is 18.1. The highest BCUT2D eigenvalue weighted by Crippen LogP contribution is 2.13. The van der Waals surface area contributed by atoms with Crippen LogP contribution in [0.3, 0.4) is 0 Å². The summed E-state index contributed by atoms with van der Waals surface area (Å²) in [4.78, 5) is 43.5. The van der Waals surface area contributed by atoms with E-state index in [0.29, 0.717) is 30.9 Å². The van der Waals surface area contributed by atoms with Gasteiger partial charge in [-0.05, 0) is 19.8 Å². The third-order valence-corrected chi connectivity index (χ3v) is 4.63. The molecule has 0 saturated carbocycles. The molecule has 0 N–H and O–H groups in total. The van der Waals surface area contributed by atoms with Gasteiger partial charge in [0.1, 0.15) is 6.54 Å². The van der Waals surface area contributed by atoms with Crippen LogP contribution in [-0.2, 0) is 30.2 Å². The van der Waals surface area contributed by atoms with Crippen molar-refractivity contribution in [3.8, 4) is 0 Å². The molecule has 136 valence electrons. The molecule has 0 spiro atoms. The van der Waals surface area contributed by atoms with Crippen molar-refractivity contribution in [1.29, 1.82) is 0 Å². The fraction of sp³-hybridized carbons (Fsp3) is 0.625. The summed E-state index contributed by atoms with van der Waals surface area (Å²) < 4.78 is 9.44. The molecule has 0 aliphatic carbocycles. The topological polar surface area (TPSA) is 91.4 Å². The smallest absolute Gasteiger partial charge is 0.332 e. The Morgan fingerprint density at radius 2 is 2.12 bits per heavy atom. The zero-order valence-corrected chi connectivity index (χ0v) is 14.8. The van der Waals surface area contributed by atoms with Crippen LogP contribution in [0.1, 0.15) is 19.8 Å². The van der Waals surface area contributed by atoms with Crippen LogP contribution in [0.4, 0.5) is 0 Å². The van der Waals surface area contributed by atoms with Gasteiger partial charge in [0.2, 0.25) is 5.91 Å². The maximum absolute atomic E-state index is 12.7. The second-order valence-corrected chi connectivity index (χ2v) is 6.32. The molecule has 1 amide bonds. The quantitative estimate of drug-likeness (QED) is 0.739. The van der Waals surface area contributed by atoms with E-state index >= 15 is 0 Å². The molecule has 0 unspecified atom stereocenters. The van der Waals surface area contributed by atoms with E-state index in [1.807, 2.05) is 6.92 Å². The molecule has 1 aliphatic rings. The molecule has 3 rings (SSSR count). The van der Waals surface area contributed by atoms with Crippen LogP contribution < -0.4 is 11.2 Å². The zero-order valence-electron chi connectivity index (χ0n) is 14.8. The number of piperidine rings is 1. The van der Waals surface area contributed by atoms with E-state index in [-0.39, 0.29) is 18.6 Å². The number of ether oxygens (including phenoxy) is 1. The average Bonchev–Trinajstić information content (AvgIpc) is 2.99. The van der Waals surface area contributed by atoms with E-state index < -0.39 is 11.2 Å². The predicted molar refractivity (Wildman–Crippen MR) is 91.4 cm³/mol. The molecule has 1 atom stereocenters. The largest absolute Gasteiger partial charge is 0.377 e. The van der Waals surface area contributed by atoms with Crippen LogP contribution in [0.15, 0.2) is 15.9 Å². The Morgan fingerprint density at radius 3 is 2.84 bits per heavy atom. The lowest BCUT2D eigenvalue weighted by atomic mass is 10.1. The van der Waals surface area contributed by atoms with E-state index in [4.69, 9.17) is 4.74 Å². The summed E-state index contributed by atoms with van der Waals surface area (Å²) in [6.45, 7) is 3.36. The summed E-state index contributed by atoms with van der Waals surface area (Å²) in [5.74, 6) is -0.245. The van der Waals surface area contributed by atoms with Crippen molar-refractivity contribution in [3.63, 3.8) is 0 Å². The summed E-state index contributed by atoms with van der Waals surface area (Å²) in [5.41, 5.74) is -0.413. The Hall–Kier alpha value is -2.42. The van der Waals surface area contributed by atoms with E-state index in [0.717, 1.165) is 17.4 Å². The number of carbonyl (C=O) groups excluding carboxylic acids is 1. The summed E-state index contributed by atoms with van der Waals surface area (Å²) in [6, 6.07) is 0. The highest BCUT2D eigenvalue weighted by molar-refractivity contribution is 5.77. The summed E-state index contributed by atoms with van der Waals surface area (Å²) in [6.07, 6.45) is 3.26. The minimum absolute atomic E-state index is 0.0156. The number of likely N-dealkylation sites (tertiary alicyclic amines) is 1. The number of imidazole rings is 1. The van der Waals surface area contributed by atoms with Gasteiger partial charge in [-0.15, -0.1) is 0 Å². The maximum Gasteiger partial charge on any atom is 0.332 e. The molecular formula is C16H23N5O4. The van der Waals surface area contributed by atoms with Crippen molar-refractivity contribution >= 4 is 17.1 Å². The van der Waals surface area contributed by atoms with Crippen molar-refractivity contribution in [2.24, 2.45) is 14.1 Å². The number of aromatic nitrogens is 4. The van der Waals surface area contributed by atoms with Crippen molar-refractivity contribution in [1.82, 2.24) is 23.6 Å². The molecule has 2 aromatic heterocycles. The normalized spacial score (nSPS) is 18.0. The third-order valence-electron chi connectivity index (χ3n) is 4.63. The number of aryl methyl sites for hydroxylation is 2. The summed E-state index contributed by atoms with van der Waals surface area (Å²) in [5, 5.41) is 0. The van der Waals surface area contributed by atoms with Gasteiger partial charge in [-0.25, -0.2) is 14.3 Å². The van der Waals surface area contributed by atoms with Crippen molar-refractivity contribution in [3.05, 3.63) is 27.2 Å².